The second-order valence-electron chi connectivity index (χ2n) is 6.55. The fraction of sp³-hybridized carbons (Fsp3) is 0.130. The van der Waals surface area contributed by atoms with Gasteiger partial charge in [-0.25, -0.2) is 9.38 Å². The van der Waals surface area contributed by atoms with Gasteiger partial charge in [0.25, 0.3) is 6.02 Å². The van der Waals surface area contributed by atoms with Gasteiger partial charge in [0.1, 0.15) is 18.2 Å². The van der Waals surface area contributed by atoms with Gasteiger partial charge in [-0.1, -0.05) is 42.5 Å². The van der Waals surface area contributed by atoms with E-state index >= 15 is 0 Å². The summed E-state index contributed by atoms with van der Waals surface area (Å²) in [5, 5.41) is 0. The van der Waals surface area contributed by atoms with Crippen LogP contribution in [-0.4, -0.2) is 26.1 Å². The second-order valence-corrected chi connectivity index (χ2v) is 6.55. The first-order chi connectivity index (χ1) is 14.5. The molecule has 0 fully saturated rings. The summed E-state index contributed by atoms with van der Waals surface area (Å²) in [5.41, 5.74) is 12.9. The van der Waals surface area contributed by atoms with Crippen molar-refractivity contribution in [2.75, 3.05) is 13.7 Å². The van der Waals surface area contributed by atoms with Crippen LogP contribution >= 0.6 is 0 Å². The van der Waals surface area contributed by atoms with E-state index in [1.165, 1.54) is 12.1 Å². The number of carbonyl (C=O) groups is 1. The molecule has 0 saturated heterocycles. The summed E-state index contributed by atoms with van der Waals surface area (Å²) in [4.78, 5) is 13.2. The Morgan fingerprint density at radius 1 is 1.03 bits per heavy atom. The van der Waals surface area contributed by atoms with Crippen LogP contribution in [0.15, 0.2) is 77.8 Å². The molecule has 4 N–H and O–H groups in total. The minimum absolute atomic E-state index is 0.155. The Bertz CT molecular complexity index is 1050. The summed E-state index contributed by atoms with van der Waals surface area (Å²) in [6.45, 7) is 0.303. The molecule has 154 valence electrons. The van der Waals surface area contributed by atoms with Crippen molar-refractivity contribution in [2.45, 2.75) is 5.54 Å². The number of amidine groups is 1. The van der Waals surface area contributed by atoms with Gasteiger partial charge in [-0.3, -0.25) is 4.79 Å². The highest BCUT2D eigenvalue weighted by Gasteiger charge is 2.40. The summed E-state index contributed by atoms with van der Waals surface area (Å²) in [6, 6.07) is 22.2. The lowest BCUT2D eigenvalue weighted by molar-refractivity contribution is -0.106. The summed E-state index contributed by atoms with van der Waals surface area (Å²) < 4.78 is 24.4. The monoisotopic (exact) mass is 407 g/mol. The molecule has 4 rings (SSSR count). The van der Waals surface area contributed by atoms with E-state index in [4.69, 9.17) is 20.0 Å². The van der Waals surface area contributed by atoms with Crippen LogP contribution < -0.4 is 16.2 Å². The number of nitrogens with two attached hydrogens (primary N) is 2. The van der Waals surface area contributed by atoms with Crippen molar-refractivity contribution in [2.24, 2.45) is 16.5 Å². The van der Waals surface area contributed by atoms with Crippen molar-refractivity contribution < 1.29 is 18.7 Å². The maximum absolute atomic E-state index is 13.6. The zero-order chi connectivity index (χ0) is 21.6. The lowest BCUT2D eigenvalue weighted by Crippen LogP contribution is -2.27. The highest BCUT2D eigenvalue weighted by Crippen LogP contribution is 2.39. The van der Waals surface area contributed by atoms with Crippen LogP contribution in [0.5, 0.6) is 5.75 Å². The number of primary amides is 1. The number of hydrogen-bond donors (Lipinski definition) is 2. The van der Waals surface area contributed by atoms with Crippen LogP contribution in [0.2, 0.25) is 0 Å². The average molecular weight is 407 g/mol. The fourth-order valence-corrected chi connectivity index (χ4v) is 3.38. The molecule has 0 aromatic heterocycles. The zero-order valence-electron chi connectivity index (χ0n) is 16.4. The van der Waals surface area contributed by atoms with E-state index in [1.54, 1.807) is 13.2 Å². The number of carbonyl (C=O) groups excluding carboxylic acids is 1. The van der Waals surface area contributed by atoms with Crippen LogP contribution in [0.25, 0.3) is 11.1 Å². The van der Waals surface area contributed by atoms with Gasteiger partial charge in [-0.2, -0.15) is 0 Å². The molecule has 1 atom stereocenters. The molecular formula is C23H22FN3O3. The number of rotatable bonds is 4. The topological polar surface area (TPSA) is 99.9 Å². The third kappa shape index (κ3) is 4.25. The van der Waals surface area contributed by atoms with Gasteiger partial charge in [0.15, 0.2) is 5.54 Å². The number of methoxy groups -OCH3 is 1. The maximum atomic E-state index is 13.6. The number of halogens is 1. The van der Waals surface area contributed by atoms with Gasteiger partial charge in [0, 0.05) is 0 Å². The van der Waals surface area contributed by atoms with Crippen molar-refractivity contribution in [1.29, 1.82) is 0 Å². The van der Waals surface area contributed by atoms with E-state index in [2.05, 4.69) is 10.7 Å². The van der Waals surface area contributed by atoms with Gasteiger partial charge in [0.05, 0.1) is 7.11 Å². The molecule has 3 aromatic rings. The number of amides is 1. The van der Waals surface area contributed by atoms with Gasteiger partial charge in [-0.05, 0) is 52.6 Å². The summed E-state index contributed by atoms with van der Waals surface area (Å²) in [6.07, 6.45) is 0.250. The Balaban J connectivity index is 0.000000806. The molecule has 0 radical (unpaired) electrons. The zero-order valence-corrected chi connectivity index (χ0v) is 16.4. The lowest BCUT2D eigenvalue weighted by Gasteiger charge is -2.26. The van der Waals surface area contributed by atoms with Gasteiger partial charge >= 0.3 is 0 Å². The van der Waals surface area contributed by atoms with Crippen LogP contribution in [0.4, 0.5) is 4.39 Å². The fourth-order valence-electron chi connectivity index (χ4n) is 3.38. The number of aliphatic imine (C=N–C) groups is 1. The van der Waals surface area contributed by atoms with Crippen molar-refractivity contribution in [1.82, 2.24) is 0 Å². The standard InChI is InChI=1S/C22H19FN2O2.CH3NO/c1-26-20-10-8-17(9-11-20)22(14-27-21(24)25-22)18-6-2-4-15(12-18)16-5-3-7-19(23)13-16;2-1-3/h2-13H,14H2,1H3,(H2,24,25);1H,(H2,2,3). The third-order valence-corrected chi connectivity index (χ3v) is 4.80. The van der Waals surface area contributed by atoms with Crippen molar-refractivity contribution in [3.8, 4) is 16.9 Å². The Kier molecular flexibility index (Phi) is 6.32. The van der Waals surface area contributed by atoms with Gasteiger partial charge in [-0.15, -0.1) is 0 Å². The normalized spacial score (nSPS) is 17.2. The van der Waals surface area contributed by atoms with Crippen molar-refractivity contribution in [3.63, 3.8) is 0 Å². The maximum Gasteiger partial charge on any atom is 0.283 e. The smallest absolute Gasteiger partial charge is 0.283 e. The molecule has 1 aliphatic heterocycles. The minimum Gasteiger partial charge on any atom is -0.497 e. The second kappa shape index (κ2) is 9.09. The first kappa shape index (κ1) is 20.9. The highest BCUT2D eigenvalue weighted by molar-refractivity contribution is 5.76. The number of benzene rings is 3. The number of ether oxygens (including phenoxy) is 2. The molecule has 1 unspecified atom stereocenters. The summed E-state index contributed by atoms with van der Waals surface area (Å²) in [7, 11) is 1.63. The molecule has 6 nitrogen and oxygen atoms in total. The summed E-state index contributed by atoms with van der Waals surface area (Å²) in [5.74, 6) is 0.493. The summed E-state index contributed by atoms with van der Waals surface area (Å²) >= 11 is 0. The Hall–Kier alpha value is -3.87. The van der Waals surface area contributed by atoms with Gasteiger partial charge < -0.3 is 20.9 Å². The predicted molar refractivity (Wildman–Crippen MR) is 113 cm³/mol. The molecule has 1 amide bonds. The minimum atomic E-state index is -0.750. The van der Waals surface area contributed by atoms with Crippen LogP contribution in [-0.2, 0) is 15.1 Å². The first-order valence-electron chi connectivity index (χ1n) is 9.17. The molecule has 30 heavy (non-hydrogen) atoms. The van der Waals surface area contributed by atoms with E-state index < -0.39 is 5.54 Å². The van der Waals surface area contributed by atoms with Gasteiger partial charge in [0.2, 0.25) is 6.41 Å². The Morgan fingerprint density at radius 2 is 1.67 bits per heavy atom. The number of nitrogens with zero attached hydrogens (tertiary/aromatic N) is 1. The molecule has 0 spiro atoms. The molecule has 7 heteroatoms. The average Bonchev–Trinajstić information content (AvgIpc) is 3.17. The van der Waals surface area contributed by atoms with E-state index in [1.807, 2.05) is 54.6 Å². The molecule has 3 aromatic carbocycles. The number of hydrogen-bond acceptors (Lipinski definition) is 5. The Labute approximate surface area is 173 Å². The largest absolute Gasteiger partial charge is 0.497 e. The molecule has 1 aliphatic rings. The van der Waals surface area contributed by atoms with Crippen LogP contribution in [0.3, 0.4) is 0 Å². The highest BCUT2D eigenvalue weighted by atomic mass is 19.1. The van der Waals surface area contributed by atoms with Crippen LogP contribution in [0.1, 0.15) is 11.1 Å². The molecule has 1 heterocycles. The third-order valence-electron chi connectivity index (χ3n) is 4.80. The van der Waals surface area contributed by atoms with E-state index in [9.17, 15) is 4.39 Å². The molecular weight excluding hydrogens is 385 g/mol. The van der Waals surface area contributed by atoms with Crippen LogP contribution in [0, 0.1) is 5.82 Å². The molecule has 0 aliphatic carbocycles. The van der Waals surface area contributed by atoms with E-state index in [0.29, 0.717) is 6.61 Å². The van der Waals surface area contributed by atoms with E-state index in [0.717, 1.165) is 28.0 Å². The lowest BCUT2D eigenvalue weighted by atomic mass is 9.83. The van der Waals surface area contributed by atoms with E-state index in [-0.39, 0.29) is 18.2 Å². The quantitative estimate of drug-likeness (QED) is 0.649. The SMILES string of the molecule is COc1ccc(C2(c3cccc(-c4cccc(F)c4)c3)COC(N)=N2)cc1.NC=O. The predicted octanol–water partition coefficient (Wildman–Crippen LogP) is 3.19. The first-order valence-corrected chi connectivity index (χ1v) is 9.17. The van der Waals surface area contributed by atoms with Crippen molar-refractivity contribution in [3.05, 3.63) is 89.7 Å². The molecule has 0 saturated carbocycles. The van der Waals surface area contributed by atoms with Crippen molar-refractivity contribution >= 4 is 12.4 Å². The molecule has 0 bridgehead atoms. The Morgan fingerprint density at radius 3 is 2.23 bits per heavy atom.